The Kier molecular flexibility index (Phi) is 2.82. The second-order valence-electron chi connectivity index (χ2n) is 8.47. The van der Waals surface area contributed by atoms with Crippen molar-refractivity contribution in [3.63, 3.8) is 0 Å². The van der Waals surface area contributed by atoms with Gasteiger partial charge in [0.2, 0.25) is 0 Å². The molecule has 5 aromatic carbocycles. The molecule has 0 atom stereocenters. The number of rotatable bonds is 0. The van der Waals surface area contributed by atoms with Crippen LogP contribution in [0.4, 0.5) is 0 Å². The summed E-state index contributed by atoms with van der Waals surface area (Å²) in [6, 6.07) is 33.3. The maximum Gasteiger partial charge on any atom is 0.318 e. The van der Waals surface area contributed by atoms with Crippen molar-refractivity contribution in [2.45, 2.75) is 0 Å². The fourth-order valence-electron chi connectivity index (χ4n) is 5.79. The van der Waals surface area contributed by atoms with Gasteiger partial charge in [-0.3, -0.25) is 0 Å². The van der Waals surface area contributed by atoms with Crippen LogP contribution in [0.1, 0.15) is 0 Å². The van der Waals surface area contributed by atoms with Crippen LogP contribution >= 0.6 is 0 Å². The fraction of sp³-hybridized carbons (Fsp3) is 0. The molecule has 2 nitrogen and oxygen atoms in total. The Balaban J connectivity index is 1.83. The maximum absolute atomic E-state index is 2.96. The molecular formula is C28H15AlN2. The number of hydrogen-bond acceptors (Lipinski definition) is 0. The predicted molar refractivity (Wildman–Crippen MR) is 133 cm³/mol. The number of para-hydroxylation sites is 2. The van der Waals surface area contributed by atoms with E-state index in [4.69, 9.17) is 0 Å². The van der Waals surface area contributed by atoms with Gasteiger partial charge in [-0.05, 0) is 23.6 Å². The van der Waals surface area contributed by atoms with Crippen molar-refractivity contribution in [1.82, 2.24) is 7.95 Å². The van der Waals surface area contributed by atoms with Crippen molar-refractivity contribution in [2.75, 3.05) is 0 Å². The minimum absolute atomic E-state index is 1.25. The van der Waals surface area contributed by atoms with E-state index in [1.165, 1.54) is 70.7 Å². The zero-order valence-corrected chi connectivity index (χ0v) is 17.8. The van der Waals surface area contributed by atoms with Crippen LogP contribution in [0.5, 0.6) is 0 Å². The summed E-state index contributed by atoms with van der Waals surface area (Å²) < 4.78 is 4.79. The third-order valence-electron chi connectivity index (χ3n) is 7.02. The van der Waals surface area contributed by atoms with E-state index in [2.05, 4.69) is 115 Å². The molecule has 0 aliphatic heterocycles. The van der Waals surface area contributed by atoms with Gasteiger partial charge in [-0.25, -0.2) is 0 Å². The van der Waals surface area contributed by atoms with Crippen molar-refractivity contribution in [3.8, 4) is 0 Å². The van der Waals surface area contributed by atoms with E-state index in [0.29, 0.717) is 0 Å². The average molecular weight is 406 g/mol. The van der Waals surface area contributed by atoms with Crippen LogP contribution in [0.3, 0.4) is 0 Å². The summed E-state index contributed by atoms with van der Waals surface area (Å²) in [5.74, 6) is 0. The van der Waals surface area contributed by atoms with Gasteiger partial charge in [0.25, 0.3) is 0 Å². The van der Waals surface area contributed by atoms with Gasteiger partial charge in [0.05, 0.1) is 16.6 Å². The lowest BCUT2D eigenvalue weighted by Gasteiger charge is -2.04. The summed E-state index contributed by atoms with van der Waals surface area (Å²) in [7, 11) is 0. The van der Waals surface area contributed by atoms with E-state index < -0.39 is 0 Å². The standard InChI is InChI=1S/C28H15N2.Al/c1-2-8-17-16(7-1)13-14-19-22-15-21-18-9-3-5-11-23(18)29-26(21)25-20-10-4-6-12-24(20)30(27(17)19)28(22)25;/h1-15H;/q-1;+1. The molecule has 8 rings (SSSR count). The lowest BCUT2D eigenvalue weighted by molar-refractivity contribution is 1.38. The van der Waals surface area contributed by atoms with Crippen LogP contribution in [0.15, 0.2) is 91.0 Å². The van der Waals surface area contributed by atoms with Gasteiger partial charge in [-0.1, -0.05) is 72.8 Å². The summed E-state index contributed by atoms with van der Waals surface area (Å²) >= 11 is 2.96. The van der Waals surface area contributed by atoms with E-state index in [1.807, 2.05) is 0 Å². The van der Waals surface area contributed by atoms with E-state index >= 15 is 0 Å². The Bertz CT molecular complexity index is 2010. The van der Waals surface area contributed by atoms with Gasteiger partial charge in [0.15, 0.2) is 0 Å². The van der Waals surface area contributed by atoms with Gasteiger partial charge in [-0.15, -0.1) is 0 Å². The number of nitrogens with zero attached hydrogens (tertiary/aromatic N) is 2. The van der Waals surface area contributed by atoms with Crippen LogP contribution in [-0.4, -0.2) is 24.5 Å². The summed E-state index contributed by atoms with van der Waals surface area (Å²) in [4.78, 5) is 0. The molecule has 0 fully saturated rings. The highest BCUT2D eigenvalue weighted by Gasteiger charge is 2.23. The summed E-state index contributed by atoms with van der Waals surface area (Å²) in [5.41, 5.74) is 6.45. The van der Waals surface area contributed by atoms with Crippen LogP contribution in [0.2, 0.25) is 0 Å². The minimum atomic E-state index is 1.25. The van der Waals surface area contributed by atoms with Gasteiger partial charge < -0.3 is 7.95 Å². The SMILES string of the molecule is [Al][n]1c2ccccc2c2cc3c4ccc5ccccc5c4n4c5ccccc5c(c21)c34. The Morgan fingerprint density at radius 3 is 2.03 bits per heavy atom. The molecule has 0 aliphatic carbocycles. The Morgan fingerprint density at radius 1 is 0.484 bits per heavy atom. The molecule has 3 aromatic heterocycles. The quantitative estimate of drug-likeness (QED) is 0.239. The highest BCUT2D eigenvalue weighted by Crippen LogP contribution is 2.46. The van der Waals surface area contributed by atoms with Crippen molar-refractivity contribution in [1.29, 1.82) is 0 Å². The van der Waals surface area contributed by atoms with E-state index in [1.54, 1.807) is 0 Å². The Morgan fingerprint density at radius 2 is 1.16 bits per heavy atom. The summed E-state index contributed by atoms with van der Waals surface area (Å²) in [6.07, 6.45) is 0. The molecule has 140 valence electrons. The monoisotopic (exact) mass is 406 g/mol. The fourth-order valence-corrected chi connectivity index (χ4v) is 6.28. The molecule has 0 bridgehead atoms. The number of benzene rings is 5. The number of aromatic nitrogens is 2. The van der Waals surface area contributed by atoms with E-state index in [0.717, 1.165) is 0 Å². The second kappa shape index (κ2) is 5.39. The molecular weight excluding hydrogens is 391 g/mol. The lowest BCUT2D eigenvalue weighted by Crippen LogP contribution is -1.90. The third kappa shape index (κ3) is 1.78. The van der Waals surface area contributed by atoms with Crippen LogP contribution in [0.25, 0.3) is 70.7 Å². The van der Waals surface area contributed by atoms with E-state index in [9.17, 15) is 0 Å². The first-order valence-electron chi connectivity index (χ1n) is 10.6. The smallest absolute Gasteiger partial charge is 0.318 e. The maximum atomic E-state index is 2.96. The third-order valence-corrected chi connectivity index (χ3v) is 7.56. The predicted octanol–water partition coefficient (Wildman–Crippen LogP) is 7.03. The van der Waals surface area contributed by atoms with Gasteiger partial charge in [0, 0.05) is 48.7 Å². The van der Waals surface area contributed by atoms with Crippen molar-refractivity contribution in [3.05, 3.63) is 91.0 Å². The van der Waals surface area contributed by atoms with Gasteiger partial charge in [0.1, 0.15) is 0 Å². The van der Waals surface area contributed by atoms with Crippen molar-refractivity contribution in [2.24, 2.45) is 0 Å². The molecule has 31 heavy (non-hydrogen) atoms. The van der Waals surface area contributed by atoms with Crippen LogP contribution in [-0.2, 0) is 0 Å². The molecule has 3 heteroatoms. The molecule has 0 saturated heterocycles. The first-order valence-corrected chi connectivity index (χ1v) is 11.1. The van der Waals surface area contributed by atoms with E-state index in [-0.39, 0.29) is 0 Å². The number of fused-ring (bicyclic) bond motifs is 12. The Hall–Kier alpha value is -3.51. The number of hydrogen-bond donors (Lipinski definition) is 0. The molecule has 0 N–H and O–H groups in total. The molecule has 2 radical (unpaired) electrons. The molecule has 0 spiro atoms. The minimum Gasteiger partial charge on any atom is -0.451 e. The normalized spacial score (nSPS) is 12.6. The highest BCUT2D eigenvalue weighted by atomic mass is 27.1. The zero-order chi connectivity index (χ0) is 20.3. The molecule has 8 aromatic rings. The zero-order valence-electron chi connectivity index (χ0n) is 16.6. The molecule has 0 saturated carbocycles. The van der Waals surface area contributed by atoms with Gasteiger partial charge >= 0.3 is 16.5 Å². The molecule has 0 unspecified atom stereocenters. The van der Waals surface area contributed by atoms with Crippen molar-refractivity contribution < 1.29 is 0 Å². The first kappa shape index (κ1) is 16.2. The lowest BCUT2D eigenvalue weighted by atomic mass is 10.0. The van der Waals surface area contributed by atoms with Crippen LogP contribution < -0.4 is 0 Å². The highest BCUT2D eigenvalue weighted by molar-refractivity contribution is 6.37. The average Bonchev–Trinajstić information content (AvgIpc) is 3.44. The Labute approximate surface area is 185 Å². The summed E-state index contributed by atoms with van der Waals surface area (Å²) in [6.45, 7) is 0. The topological polar surface area (TPSA) is 9.34 Å². The van der Waals surface area contributed by atoms with Crippen molar-refractivity contribution >= 4 is 87.2 Å². The summed E-state index contributed by atoms with van der Waals surface area (Å²) in [5, 5.41) is 10.5. The second-order valence-corrected chi connectivity index (χ2v) is 8.98. The molecule has 0 amide bonds. The molecule has 0 aliphatic rings. The molecule has 3 heterocycles. The van der Waals surface area contributed by atoms with Crippen LogP contribution in [0, 0.1) is 0 Å². The first-order chi connectivity index (χ1) is 15.3. The van der Waals surface area contributed by atoms with Gasteiger partial charge in [-0.2, -0.15) is 0 Å². The largest absolute Gasteiger partial charge is 0.451 e.